The smallest absolute Gasteiger partial charge is 0.136 e. The minimum Gasteiger partial charge on any atom is -0.456 e. The molecule has 2 aliphatic carbocycles. The van der Waals surface area contributed by atoms with E-state index in [1.807, 2.05) is 6.07 Å². The molecule has 0 aliphatic heterocycles. The number of fused-ring (bicyclic) bond motifs is 9. The zero-order valence-electron chi connectivity index (χ0n) is 35.4. The third-order valence-corrected chi connectivity index (χ3v) is 13.9. The second-order valence-corrected chi connectivity index (χ2v) is 18.1. The fourth-order valence-electron chi connectivity index (χ4n) is 10.9. The molecule has 0 N–H and O–H groups in total. The van der Waals surface area contributed by atoms with Gasteiger partial charge >= 0.3 is 0 Å². The molecule has 10 aromatic rings. The van der Waals surface area contributed by atoms with Gasteiger partial charge in [-0.25, -0.2) is 0 Å². The van der Waals surface area contributed by atoms with Crippen molar-refractivity contribution in [1.29, 1.82) is 0 Å². The van der Waals surface area contributed by atoms with Gasteiger partial charge in [-0.2, -0.15) is 0 Å². The summed E-state index contributed by atoms with van der Waals surface area (Å²) in [5.74, 6) is 0. The first kappa shape index (κ1) is 36.4. The lowest BCUT2D eigenvalue weighted by molar-refractivity contribution is 0.660. The molecule has 0 fully saturated rings. The minimum atomic E-state index is -0.167. The number of benzene rings is 9. The van der Waals surface area contributed by atoms with Crippen molar-refractivity contribution in [3.05, 3.63) is 222 Å². The Balaban J connectivity index is 1.03. The Morgan fingerprint density at radius 3 is 1.73 bits per heavy atom. The summed E-state index contributed by atoms with van der Waals surface area (Å²) in [7, 11) is 0. The zero-order valence-corrected chi connectivity index (χ0v) is 35.4. The number of hydrogen-bond donors (Lipinski definition) is 0. The van der Waals surface area contributed by atoms with Gasteiger partial charge in [-0.1, -0.05) is 179 Å². The Morgan fingerprint density at radius 2 is 0.919 bits per heavy atom. The number of hydrogen-bond acceptors (Lipinski definition) is 2. The molecule has 62 heavy (non-hydrogen) atoms. The van der Waals surface area contributed by atoms with Gasteiger partial charge in [0, 0.05) is 38.5 Å². The fourth-order valence-corrected chi connectivity index (χ4v) is 10.9. The highest BCUT2D eigenvalue weighted by molar-refractivity contribution is 6.12. The SMILES string of the molecule is CC1(C)c2ccccc2-c2ccc(-c3ccc(N(c4cccc(-c5cccc6oc7ccccc7c56)c4)c4ccccc4-c4cccc5c4C(C)(C)c4ccccc4-5)cc3)cc21. The molecule has 0 radical (unpaired) electrons. The van der Waals surface area contributed by atoms with E-state index in [-0.39, 0.29) is 10.8 Å². The number of para-hydroxylation sites is 2. The van der Waals surface area contributed by atoms with Gasteiger partial charge in [0.1, 0.15) is 11.2 Å². The highest BCUT2D eigenvalue weighted by Crippen LogP contribution is 2.54. The highest BCUT2D eigenvalue weighted by Gasteiger charge is 2.38. The van der Waals surface area contributed by atoms with E-state index >= 15 is 0 Å². The number of rotatable bonds is 6. The molecule has 0 unspecified atom stereocenters. The van der Waals surface area contributed by atoms with Crippen LogP contribution in [-0.4, -0.2) is 0 Å². The average Bonchev–Trinajstić information content (AvgIpc) is 3.89. The Labute approximate surface area is 363 Å². The Bertz CT molecular complexity index is 3420. The Kier molecular flexibility index (Phi) is 7.96. The van der Waals surface area contributed by atoms with E-state index in [9.17, 15) is 0 Å². The zero-order chi connectivity index (χ0) is 41.7. The van der Waals surface area contributed by atoms with Crippen molar-refractivity contribution < 1.29 is 4.42 Å². The molecule has 12 rings (SSSR count). The maximum atomic E-state index is 6.36. The van der Waals surface area contributed by atoms with Crippen LogP contribution in [0.1, 0.15) is 49.9 Å². The standard InChI is InChI=1S/C60H45NO/c1-59(2)51-25-9-5-18-44(51)46-35-32-39(37-53(46)59)38-30-33-41(34-31-38)61(42-17-13-16-40(36-42)43-22-15-29-56-57(43)50-21-8-12-28-55(50)62-56)54-27-11-7-20-47(54)49-24-14-23-48-45-19-6-10-26-52(45)60(3,4)58(48)49/h5-37H,1-4H3. The predicted octanol–water partition coefficient (Wildman–Crippen LogP) is 16.7. The van der Waals surface area contributed by atoms with Crippen molar-refractivity contribution in [3.63, 3.8) is 0 Å². The van der Waals surface area contributed by atoms with Crippen LogP contribution in [0.5, 0.6) is 0 Å². The van der Waals surface area contributed by atoms with Crippen LogP contribution in [0, 0.1) is 0 Å². The van der Waals surface area contributed by atoms with Crippen LogP contribution in [0.2, 0.25) is 0 Å². The molecule has 2 nitrogen and oxygen atoms in total. The molecule has 0 amide bonds. The molecule has 2 heteroatoms. The summed E-state index contributed by atoms with van der Waals surface area (Å²) in [5.41, 5.74) is 22.9. The topological polar surface area (TPSA) is 16.4 Å². The summed E-state index contributed by atoms with van der Waals surface area (Å²) < 4.78 is 6.36. The Hall–Kier alpha value is -7.42. The van der Waals surface area contributed by atoms with Crippen molar-refractivity contribution in [2.24, 2.45) is 0 Å². The summed E-state index contributed by atoms with van der Waals surface area (Å²) in [6.45, 7) is 9.46. The summed E-state index contributed by atoms with van der Waals surface area (Å²) in [6, 6.07) is 73.6. The molecule has 1 heterocycles. The molecule has 9 aromatic carbocycles. The van der Waals surface area contributed by atoms with Gasteiger partial charge in [-0.15, -0.1) is 0 Å². The molecule has 0 bridgehead atoms. The lowest BCUT2D eigenvalue weighted by Crippen LogP contribution is -2.17. The van der Waals surface area contributed by atoms with E-state index in [4.69, 9.17) is 4.42 Å². The lowest BCUT2D eigenvalue weighted by atomic mass is 9.78. The van der Waals surface area contributed by atoms with Crippen LogP contribution in [0.25, 0.3) is 77.6 Å². The fraction of sp³-hybridized carbons (Fsp3) is 0.100. The summed E-state index contributed by atoms with van der Waals surface area (Å²) in [4.78, 5) is 2.45. The van der Waals surface area contributed by atoms with Crippen molar-refractivity contribution in [2.45, 2.75) is 38.5 Å². The molecule has 1 aromatic heterocycles. The monoisotopic (exact) mass is 795 g/mol. The number of nitrogens with zero attached hydrogens (tertiary/aromatic N) is 1. The van der Waals surface area contributed by atoms with E-state index in [1.54, 1.807) is 0 Å². The van der Waals surface area contributed by atoms with E-state index in [1.165, 1.54) is 66.8 Å². The minimum absolute atomic E-state index is 0.0615. The summed E-state index contributed by atoms with van der Waals surface area (Å²) in [6.07, 6.45) is 0. The van der Waals surface area contributed by atoms with Gasteiger partial charge in [0.15, 0.2) is 0 Å². The second-order valence-electron chi connectivity index (χ2n) is 18.1. The highest BCUT2D eigenvalue weighted by atomic mass is 16.3. The van der Waals surface area contributed by atoms with Crippen molar-refractivity contribution in [3.8, 4) is 55.6 Å². The van der Waals surface area contributed by atoms with Gasteiger partial charge < -0.3 is 9.32 Å². The third-order valence-electron chi connectivity index (χ3n) is 13.9. The number of anilines is 3. The lowest BCUT2D eigenvalue weighted by Gasteiger charge is -2.30. The van der Waals surface area contributed by atoms with E-state index in [0.717, 1.165) is 50.1 Å². The first-order valence-corrected chi connectivity index (χ1v) is 21.8. The first-order valence-electron chi connectivity index (χ1n) is 21.8. The van der Waals surface area contributed by atoms with Gasteiger partial charge in [0.05, 0.1) is 5.69 Å². The number of furan rings is 1. The molecular weight excluding hydrogens is 751 g/mol. The predicted molar refractivity (Wildman–Crippen MR) is 260 cm³/mol. The average molecular weight is 796 g/mol. The maximum Gasteiger partial charge on any atom is 0.136 e. The van der Waals surface area contributed by atoms with E-state index in [2.05, 4.69) is 227 Å². The van der Waals surface area contributed by atoms with Crippen LogP contribution in [-0.2, 0) is 10.8 Å². The largest absolute Gasteiger partial charge is 0.456 e. The molecule has 0 atom stereocenters. The van der Waals surface area contributed by atoms with Gasteiger partial charge in [0.2, 0.25) is 0 Å². The third kappa shape index (κ3) is 5.36. The van der Waals surface area contributed by atoms with Crippen LogP contribution in [0.4, 0.5) is 17.1 Å². The van der Waals surface area contributed by atoms with Crippen molar-refractivity contribution in [2.75, 3.05) is 4.90 Å². The molecule has 0 spiro atoms. The van der Waals surface area contributed by atoms with E-state index in [0.29, 0.717) is 0 Å². The van der Waals surface area contributed by atoms with Gasteiger partial charge in [-0.3, -0.25) is 0 Å². The normalized spacial score (nSPS) is 14.1. The van der Waals surface area contributed by atoms with Crippen LogP contribution in [0.3, 0.4) is 0 Å². The maximum absolute atomic E-state index is 6.36. The van der Waals surface area contributed by atoms with Crippen LogP contribution < -0.4 is 4.90 Å². The van der Waals surface area contributed by atoms with Gasteiger partial charge in [0.25, 0.3) is 0 Å². The quantitative estimate of drug-likeness (QED) is 0.167. The molecule has 2 aliphatic rings. The second kappa shape index (κ2) is 13.5. The summed E-state index contributed by atoms with van der Waals surface area (Å²) in [5, 5.41) is 2.26. The Morgan fingerprint density at radius 1 is 0.355 bits per heavy atom. The van der Waals surface area contributed by atoms with Crippen molar-refractivity contribution >= 4 is 39.0 Å². The van der Waals surface area contributed by atoms with E-state index < -0.39 is 0 Å². The molecule has 0 saturated heterocycles. The molecule has 0 saturated carbocycles. The summed E-state index contributed by atoms with van der Waals surface area (Å²) >= 11 is 0. The molecule has 296 valence electrons. The van der Waals surface area contributed by atoms with Crippen LogP contribution in [0.15, 0.2) is 205 Å². The molecular formula is C60H45NO. The van der Waals surface area contributed by atoms with Gasteiger partial charge in [-0.05, 0) is 121 Å². The van der Waals surface area contributed by atoms with Crippen LogP contribution >= 0.6 is 0 Å². The van der Waals surface area contributed by atoms with Crippen molar-refractivity contribution in [1.82, 2.24) is 0 Å². The first-order chi connectivity index (χ1) is 30.3.